The minimum absolute atomic E-state index is 0.0567. The van der Waals surface area contributed by atoms with Crippen molar-refractivity contribution in [3.8, 4) is 11.3 Å². The number of hydrogen-bond donors (Lipinski definition) is 2. The number of nitrogens with one attached hydrogen (secondary N) is 1. The van der Waals surface area contributed by atoms with Gasteiger partial charge in [0, 0.05) is 5.56 Å². The summed E-state index contributed by atoms with van der Waals surface area (Å²) in [5.41, 5.74) is 7.59. The van der Waals surface area contributed by atoms with E-state index in [-0.39, 0.29) is 10.8 Å². The number of hydrogen-bond acceptors (Lipinski definition) is 6. The Labute approximate surface area is 147 Å². The highest BCUT2D eigenvalue weighted by atomic mass is 32.2. The summed E-state index contributed by atoms with van der Waals surface area (Å²) in [6, 6.07) is 8.75. The van der Waals surface area contributed by atoms with E-state index < -0.39 is 22.0 Å². The second kappa shape index (κ2) is 7.62. The Hall–Kier alpha value is -2.45. The van der Waals surface area contributed by atoms with Crippen molar-refractivity contribution in [3.63, 3.8) is 0 Å². The third-order valence-corrected chi connectivity index (χ3v) is 5.11. The fourth-order valence-electron chi connectivity index (χ4n) is 2.20. The first-order valence-corrected chi connectivity index (χ1v) is 9.15. The molecule has 0 amide bonds. The van der Waals surface area contributed by atoms with Crippen LogP contribution in [0.4, 0.5) is 5.69 Å². The number of methoxy groups -OCH3 is 1. The van der Waals surface area contributed by atoms with Crippen LogP contribution >= 0.6 is 0 Å². The molecular formula is C17H21N3O4S. The van der Waals surface area contributed by atoms with Gasteiger partial charge in [-0.25, -0.2) is 8.42 Å². The molecule has 2 aromatic rings. The molecule has 1 heterocycles. The predicted octanol–water partition coefficient (Wildman–Crippen LogP) is 1.81. The van der Waals surface area contributed by atoms with Crippen LogP contribution in [0.1, 0.15) is 13.8 Å². The van der Waals surface area contributed by atoms with E-state index in [1.165, 1.54) is 25.4 Å². The van der Waals surface area contributed by atoms with E-state index in [2.05, 4.69) is 14.4 Å². The summed E-state index contributed by atoms with van der Waals surface area (Å²) in [4.78, 5) is 16.0. The average molecular weight is 363 g/mol. The molecule has 8 heteroatoms. The molecule has 0 radical (unpaired) electrons. The number of nitrogens with zero attached hydrogens (tertiary/aromatic N) is 1. The molecule has 0 spiro atoms. The molecule has 0 unspecified atom stereocenters. The third kappa shape index (κ3) is 4.55. The average Bonchev–Trinajstić information content (AvgIpc) is 2.59. The predicted molar refractivity (Wildman–Crippen MR) is 95.0 cm³/mol. The molecule has 0 saturated heterocycles. The van der Waals surface area contributed by atoms with Gasteiger partial charge in [0.05, 0.1) is 29.6 Å². The summed E-state index contributed by atoms with van der Waals surface area (Å²) in [7, 11) is -2.63. The third-order valence-electron chi connectivity index (χ3n) is 3.65. The number of nitrogens with two attached hydrogens (primary N) is 1. The van der Waals surface area contributed by atoms with Crippen molar-refractivity contribution in [2.75, 3.05) is 12.8 Å². The van der Waals surface area contributed by atoms with E-state index in [9.17, 15) is 13.2 Å². The van der Waals surface area contributed by atoms with Crippen LogP contribution in [0.3, 0.4) is 0 Å². The molecular weight excluding hydrogens is 342 g/mol. The molecule has 0 aliphatic carbocycles. The summed E-state index contributed by atoms with van der Waals surface area (Å²) >= 11 is 0. The second-order valence-electron chi connectivity index (χ2n) is 5.87. The van der Waals surface area contributed by atoms with Crippen LogP contribution in [0.15, 0.2) is 47.5 Å². The zero-order valence-electron chi connectivity index (χ0n) is 14.3. The van der Waals surface area contributed by atoms with Crippen LogP contribution in [0.2, 0.25) is 0 Å². The number of ether oxygens (including phenoxy) is 1. The molecule has 134 valence electrons. The quantitative estimate of drug-likeness (QED) is 0.757. The standard InChI is InChI=1S/C17H21N3O4S/c1-11(2)16(17(21)24-3)20-25(22,23)14-7-4-12(5-8-14)15-9-6-13(18)10-19-15/h4-11,16,20H,18H2,1-3H3/t16-/m0/s1. The first-order chi connectivity index (χ1) is 11.7. The van der Waals surface area contributed by atoms with Gasteiger partial charge in [-0.15, -0.1) is 0 Å². The molecule has 25 heavy (non-hydrogen) atoms. The van der Waals surface area contributed by atoms with Crippen molar-refractivity contribution >= 4 is 21.7 Å². The van der Waals surface area contributed by atoms with Crippen molar-refractivity contribution in [2.45, 2.75) is 24.8 Å². The molecule has 0 aliphatic heterocycles. The lowest BCUT2D eigenvalue weighted by atomic mass is 10.1. The van der Waals surface area contributed by atoms with Gasteiger partial charge in [-0.05, 0) is 30.2 Å². The smallest absolute Gasteiger partial charge is 0.324 e. The summed E-state index contributed by atoms with van der Waals surface area (Å²) < 4.78 is 32.1. The SMILES string of the molecule is COC(=O)[C@@H](NS(=O)(=O)c1ccc(-c2ccc(N)cn2)cc1)C(C)C. The number of aromatic nitrogens is 1. The summed E-state index contributed by atoms with van der Waals surface area (Å²) in [6.07, 6.45) is 1.53. The molecule has 0 bridgehead atoms. The molecule has 0 fully saturated rings. The fraction of sp³-hybridized carbons (Fsp3) is 0.294. The van der Waals surface area contributed by atoms with Gasteiger partial charge in [0.2, 0.25) is 10.0 Å². The first kappa shape index (κ1) is 18.9. The molecule has 2 rings (SSSR count). The Balaban J connectivity index is 2.25. The van der Waals surface area contributed by atoms with Crippen molar-refractivity contribution in [1.29, 1.82) is 0 Å². The van der Waals surface area contributed by atoms with E-state index >= 15 is 0 Å². The highest BCUT2D eigenvalue weighted by Gasteiger charge is 2.29. The number of rotatable bonds is 6. The Bertz CT molecular complexity index is 831. The molecule has 0 aliphatic rings. The molecule has 3 N–H and O–H groups in total. The molecule has 1 atom stereocenters. The van der Waals surface area contributed by atoms with Gasteiger partial charge in [-0.3, -0.25) is 9.78 Å². The first-order valence-electron chi connectivity index (χ1n) is 7.66. The highest BCUT2D eigenvalue weighted by molar-refractivity contribution is 7.89. The number of pyridine rings is 1. The lowest BCUT2D eigenvalue weighted by Gasteiger charge is -2.19. The number of carbonyl (C=O) groups is 1. The van der Waals surface area contributed by atoms with Crippen LogP contribution in [-0.4, -0.2) is 32.5 Å². The largest absolute Gasteiger partial charge is 0.468 e. The van der Waals surface area contributed by atoms with Gasteiger partial charge in [0.25, 0.3) is 0 Å². The Morgan fingerprint density at radius 1 is 1.16 bits per heavy atom. The maximum absolute atomic E-state index is 12.5. The van der Waals surface area contributed by atoms with Gasteiger partial charge in [0.15, 0.2) is 0 Å². The zero-order chi connectivity index (χ0) is 18.6. The molecule has 1 aromatic heterocycles. The van der Waals surface area contributed by atoms with E-state index in [0.717, 1.165) is 5.56 Å². The fourth-order valence-corrected chi connectivity index (χ4v) is 3.53. The second-order valence-corrected chi connectivity index (χ2v) is 7.58. The van der Waals surface area contributed by atoms with Crippen LogP contribution in [-0.2, 0) is 19.6 Å². The summed E-state index contributed by atoms with van der Waals surface area (Å²) in [5, 5.41) is 0. The molecule has 0 saturated carbocycles. The van der Waals surface area contributed by atoms with Crippen molar-refractivity contribution < 1.29 is 17.9 Å². The van der Waals surface area contributed by atoms with Crippen molar-refractivity contribution in [1.82, 2.24) is 9.71 Å². The summed E-state index contributed by atoms with van der Waals surface area (Å²) in [6.45, 7) is 3.47. The number of esters is 1. The normalized spacial score (nSPS) is 12.8. The Kier molecular flexibility index (Phi) is 5.76. The van der Waals surface area contributed by atoms with Crippen molar-refractivity contribution in [3.05, 3.63) is 42.6 Å². The molecule has 1 aromatic carbocycles. The highest BCUT2D eigenvalue weighted by Crippen LogP contribution is 2.20. The Morgan fingerprint density at radius 3 is 2.28 bits per heavy atom. The maximum Gasteiger partial charge on any atom is 0.324 e. The van der Waals surface area contributed by atoms with E-state index in [0.29, 0.717) is 11.4 Å². The van der Waals surface area contributed by atoms with Gasteiger partial charge in [0.1, 0.15) is 6.04 Å². The van der Waals surface area contributed by atoms with Crippen LogP contribution in [0.25, 0.3) is 11.3 Å². The monoisotopic (exact) mass is 363 g/mol. The van der Waals surface area contributed by atoms with Crippen molar-refractivity contribution in [2.24, 2.45) is 5.92 Å². The van der Waals surface area contributed by atoms with Crippen LogP contribution < -0.4 is 10.5 Å². The minimum Gasteiger partial charge on any atom is -0.468 e. The topological polar surface area (TPSA) is 111 Å². The molecule has 7 nitrogen and oxygen atoms in total. The van der Waals surface area contributed by atoms with Crippen LogP contribution in [0, 0.1) is 5.92 Å². The van der Waals surface area contributed by atoms with E-state index in [4.69, 9.17) is 5.73 Å². The van der Waals surface area contributed by atoms with Gasteiger partial charge in [-0.2, -0.15) is 4.72 Å². The number of benzene rings is 1. The lowest BCUT2D eigenvalue weighted by Crippen LogP contribution is -2.44. The van der Waals surface area contributed by atoms with Gasteiger partial charge < -0.3 is 10.5 Å². The summed E-state index contributed by atoms with van der Waals surface area (Å²) in [5.74, 6) is -0.873. The van der Waals surface area contributed by atoms with Crippen LogP contribution in [0.5, 0.6) is 0 Å². The number of carbonyl (C=O) groups excluding carboxylic acids is 1. The maximum atomic E-state index is 12.5. The number of nitrogen functional groups attached to an aromatic ring is 1. The van der Waals surface area contributed by atoms with Gasteiger partial charge >= 0.3 is 5.97 Å². The Morgan fingerprint density at radius 2 is 1.80 bits per heavy atom. The zero-order valence-corrected chi connectivity index (χ0v) is 15.1. The minimum atomic E-state index is -3.86. The lowest BCUT2D eigenvalue weighted by molar-refractivity contribution is -0.143. The van der Waals surface area contributed by atoms with E-state index in [1.54, 1.807) is 38.1 Å². The number of anilines is 1. The van der Waals surface area contributed by atoms with Gasteiger partial charge in [-0.1, -0.05) is 26.0 Å². The number of sulfonamides is 1. The van der Waals surface area contributed by atoms with E-state index in [1.807, 2.05) is 0 Å².